The number of nitrogens with zero attached hydrogens (tertiary/aromatic N) is 2. The number of nitrogens with one attached hydrogen (secondary N) is 1. The molecule has 0 aliphatic heterocycles. The van der Waals surface area contributed by atoms with Crippen molar-refractivity contribution in [1.29, 1.82) is 0 Å². The number of hydrogen-bond acceptors (Lipinski definition) is 1. The molecule has 3 heteroatoms. The molecule has 2 heterocycles. The second-order valence-electron chi connectivity index (χ2n) is 14.7. The first-order valence-electron chi connectivity index (χ1n) is 19.2. The lowest BCUT2D eigenvalue weighted by atomic mass is 9.91. The molecule has 0 spiro atoms. The first-order valence-corrected chi connectivity index (χ1v) is 19.2. The number of aromatic nitrogens is 2. The van der Waals surface area contributed by atoms with Crippen molar-refractivity contribution in [2.75, 3.05) is 5.32 Å². The molecule has 6 aromatic carbocycles. The van der Waals surface area contributed by atoms with Crippen molar-refractivity contribution in [3.05, 3.63) is 191 Å². The Hall–Kier alpha value is -6.32. The van der Waals surface area contributed by atoms with Crippen molar-refractivity contribution < 1.29 is 0 Å². The van der Waals surface area contributed by atoms with Gasteiger partial charge in [0, 0.05) is 44.6 Å². The number of allylic oxidation sites excluding steroid dienone is 5. The van der Waals surface area contributed by atoms with E-state index in [9.17, 15) is 0 Å². The Morgan fingerprint density at radius 1 is 0.500 bits per heavy atom. The monoisotopic (exact) mass is 699 g/mol. The van der Waals surface area contributed by atoms with Crippen LogP contribution < -0.4 is 5.32 Å². The van der Waals surface area contributed by atoms with Gasteiger partial charge in [0.2, 0.25) is 0 Å². The summed E-state index contributed by atoms with van der Waals surface area (Å²) in [4.78, 5) is 0. The van der Waals surface area contributed by atoms with E-state index in [1.54, 1.807) is 0 Å². The van der Waals surface area contributed by atoms with Gasteiger partial charge in [-0.2, -0.15) is 0 Å². The highest BCUT2D eigenvalue weighted by atomic mass is 15.0. The summed E-state index contributed by atoms with van der Waals surface area (Å²) in [5, 5.41) is 7.62. The van der Waals surface area contributed by atoms with Crippen molar-refractivity contribution in [2.24, 2.45) is 0 Å². The summed E-state index contributed by atoms with van der Waals surface area (Å²) < 4.78 is 4.87. The van der Waals surface area contributed by atoms with E-state index in [1.165, 1.54) is 83.2 Å². The maximum Gasteiger partial charge on any atom is 0.0561 e. The summed E-state index contributed by atoms with van der Waals surface area (Å²) >= 11 is 0. The second kappa shape index (κ2) is 14.2. The molecule has 8 aromatic rings. The maximum atomic E-state index is 3.75. The first-order chi connectivity index (χ1) is 26.5. The number of rotatable bonds is 5. The molecule has 1 N–H and O–H groups in total. The predicted octanol–water partition coefficient (Wildman–Crippen LogP) is 13.9. The molecule has 0 amide bonds. The highest BCUT2D eigenvalue weighted by Crippen LogP contribution is 2.39. The van der Waals surface area contributed by atoms with E-state index >= 15 is 0 Å². The average Bonchev–Trinajstić information content (AvgIpc) is 3.71. The highest BCUT2D eigenvalue weighted by molar-refractivity contribution is 6.10. The van der Waals surface area contributed by atoms with Crippen molar-refractivity contribution in [3.63, 3.8) is 0 Å². The van der Waals surface area contributed by atoms with E-state index in [1.807, 2.05) is 18.2 Å². The third-order valence-electron chi connectivity index (χ3n) is 11.1. The number of anilines is 2. The summed E-state index contributed by atoms with van der Waals surface area (Å²) in [6, 6.07) is 50.4. The molecule has 0 fully saturated rings. The Labute approximate surface area is 318 Å². The summed E-state index contributed by atoms with van der Waals surface area (Å²) in [7, 11) is 0. The van der Waals surface area contributed by atoms with Gasteiger partial charge in [0.15, 0.2) is 0 Å². The highest BCUT2D eigenvalue weighted by Gasteiger charge is 2.21. The zero-order valence-corrected chi connectivity index (χ0v) is 31.3. The van der Waals surface area contributed by atoms with Crippen LogP contribution in [-0.2, 0) is 6.42 Å². The van der Waals surface area contributed by atoms with E-state index in [4.69, 9.17) is 0 Å². The molecular formula is C51H45N3. The molecule has 10 rings (SSSR count). The predicted molar refractivity (Wildman–Crippen MR) is 232 cm³/mol. The Morgan fingerprint density at radius 3 is 1.94 bits per heavy atom. The molecule has 2 aliphatic rings. The number of benzene rings is 6. The SMILES string of the molecule is CC1=C(c2ccc(Nc3ccc4c5c(n(-c6ccc7c8ccccc8n(-c8ccccc8)c7c6)c4c3)C=CCC5)cc2C)C=CCC1.Cc1ccccc1. The summed E-state index contributed by atoms with van der Waals surface area (Å²) in [6.07, 6.45) is 13.6. The van der Waals surface area contributed by atoms with Gasteiger partial charge in [0.25, 0.3) is 0 Å². The fraction of sp³-hybridized carbons (Fsp3) is 0.137. The van der Waals surface area contributed by atoms with Gasteiger partial charge in [-0.25, -0.2) is 0 Å². The van der Waals surface area contributed by atoms with Gasteiger partial charge in [0.1, 0.15) is 0 Å². The van der Waals surface area contributed by atoms with Crippen LogP contribution in [0.5, 0.6) is 0 Å². The van der Waals surface area contributed by atoms with Gasteiger partial charge >= 0.3 is 0 Å². The number of fused-ring (bicyclic) bond motifs is 6. The molecule has 2 aromatic heterocycles. The Bertz CT molecular complexity index is 2750. The number of hydrogen-bond donors (Lipinski definition) is 1. The average molecular weight is 700 g/mol. The molecule has 0 saturated heterocycles. The first kappa shape index (κ1) is 33.5. The normalized spacial score (nSPS) is 13.7. The van der Waals surface area contributed by atoms with Crippen LogP contribution in [0.3, 0.4) is 0 Å². The zero-order chi connectivity index (χ0) is 36.6. The molecule has 3 nitrogen and oxygen atoms in total. The zero-order valence-electron chi connectivity index (χ0n) is 31.3. The fourth-order valence-corrected chi connectivity index (χ4v) is 8.39. The number of para-hydroxylation sites is 2. The van der Waals surface area contributed by atoms with Crippen LogP contribution in [0.1, 0.15) is 54.1 Å². The van der Waals surface area contributed by atoms with Gasteiger partial charge in [0.05, 0.1) is 16.6 Å². The smallest absolute Gasteiger partial charge is 0.0561 e. The van der Waals surface area contributed by atoms with Gasteiger partial charge in [-0.1, -0.05) is 114 Å². The van der Waals surface area contributed by atoms with Crippen molar-refractivity contribution >= 4 is 55.7 Å². The Balaban J connectivity index is 0.000000496. The molecule has 264 valence electrons. The lowest BCUT2D eigenvalue weighted by Crippen LogP contribution is -2.01. The molecule has 2 aliphatic carbocycles. The van der Waals surface area contributed by atoms with Crippen LogP contribution in [0.2, 0.25) is 0 Å². The van der Waals surface area contributed by atoms with Crippen molar-refractivity contribution in [2.45, 2.75) is 46.5 Å². The number of aryl methyl sites for hydroxylation is 3. The minimum absolute atomic E-state index is 1.05. The molecule has 0 unspecified atom stereocenters. The Morgan fingerprint density at radius 2 is 1.17 bits per heavy atom. The van der Waals surface area contributed by atoms with Gasteiger partial charge < -0.3 is 14.5 Å². The lowest BCUT2D eigenvalue weighted by Gasteiger charge is -2.16. The van der Waals surface area contributed by atoms with E-state index in [2.05, 4.69) is 181 Å². The third kappa shape index (κ3) is 6.16. The van der Waals surface area contributed by atoms with E-state index in [0.717, 1.165) is 37.1 Å². The van der Waals surface area contributed by atoms with Gasteiger partial charge in [-0.3, -0.25) is 0 Å². The van der Waals surface area contributed by atoms with E-state index in [-0.39, 0.29) is 0 Å². The van der Waals surface area contributed by atoms with Crippen molar-refractivity contribution in [1.82, 2.24) is 9.13 Å². The minimum atomic E-state index is 1.05. The van der Waals surface area contributed by atoms with Crippen LogP contribution in [0.4, 0.5) is 11.4 Å². The van der Waals surface area contributed by atoms with Crippen molar-refractivity contribution in [3.8, 4) is 11.4 Å². The van der Waals surface area contributed by atoms with Crippen LogP contribution in [0.15, 0.2) is 163 Å². The molecule has 0 bridgehead atoms. The van der Waals surface area contributed by atoms with Gasteiger partial charge in [-0.15, -0.1) is 0 Å². The molecule has 54 heavy (non-hydrogen) atoms. The molecular weight excluding hydrogens is 655 g/mol. The van der Waals surface area contributed by atoms with E-state index < -0.39 is 0 Å². The largest absolute Gasteiger partial charge is 0.355 e. The molecule has 0 atom stereocenters. The fourth-order valence-electron chi connectivity index (χ4n) is 8.39. The standard InChI is InChI=1S/C44H37N3.C7H8/c1-29-12-6-7-15-35(29)36-23-20-31(26-30(36)2)45-32-21-24-39-37-16-9-11-19-42(37)47(43(39)27-32)34-22-25-40-38-17-8-10-18-41(38)46(44(40)28-34)33-13-4-3-5-14-33;1-7-5-3-2-4-6-7/h3-5,7-8,10-11,13-15,17-28,45H,6,9,12,16H2,1-2H3;2-6H,1H3. The summed E-state index contributed by atoms with van der Waals surface area (Å²) in [5.41, 5.74) is 17.7. The van der Waals surface area contributed by atoms with E-state index in [0.29, 0.717) is 0 Å². The topological polar surface area (TPSA) is 21.9 Å². The Kier molecular flexibility index (Phi) is 8.84. The van der Waals surface area contributed by atoms with Crippen LogP contribution in [-0.4, -0.2) is 9.13 Å². The maximum absolute atomic E-state index is 3.75. The lowest BCUT2D eigenvalue weighted by molar-refractivity contribution is 0.967. The molecule has 0 saturated carbocycles. The van der Waals surface area contributed by atoms with Crippen LogP contribution >= 0.6 is 0 Å². The minimum Gasteiger partial charge on any atom is -0.355 e. The third-order valence-corrected chi connectivity index (χ3v) is 11.1. The van der Waals surface area contributed by atoms with Crippen LogP contribution in [0.25, 0.3) is 55.7 Å². The van der Waals surface area contributed by atoms with Crippen LogP contribution in [0, 0.1) is 13.8 Å². The van der Waals surface area contributed by atoms with Gasteiger partial charge in [-0.05, 0) is 129 Å². The summed E-state index contributed by atoms with van der Waals surface area (Å²) in [6.45, 7) is 6.57. The quantitative estimate of drug-likeness (QED) is 0.190. The molecule has 0 radical (unpaired) electrons. The second-order valence-corrected chi connectivity index (χ2v) is 14.7. The summed E-state index contributed by atoms with van der Waals surface area (Å²) in [5.74, 6) is 0.